The molecule has 0 bridgehead atoms. The van der Waals surface area contributed by atoms with Gasteiger partial charge in [0.05, 0.1) is 24.3 Å². The summed E-state index contributed by atoms with van der Waals surface area (Å²) in [5.74, 6) is -1.14. The van der Waals surface area contributed by atoms with Crippen LogP contribution in [0.2, 0.25) is 0 Å². The zero-order valence-electron chi connectivity index (χ0n) is 10.5. The lowest BCUT2D eigenvalue weighted by molar-refractivity contribution is 0.0444. The Kier molecular flexibility index (Phi) is 2.28. The Morgan fingerprint density at radius 1 is 0.750 bits per heavy atom. The van der Waals surface area contributed by atoms with Gasteiger partial charge in [-0.25, -0.2) is 9.59 Å². The fourth-order valence-corrected chi connectivity index (χ4v) is 2.62. The van der Waals surface area contributed by atoms with Crippen molar-refractivity contribution in [2.24, 2.45) is 0 Å². The molecule has 0 atom stereocenters. The van der Waals surface area contributed by atoms with Crippen molar-refractivity contribution in [3.8, 4) is 11.1 Å². The third-order valence-electron chi connectivity index (χ3n) is 3.70. The van der Waals surface area contributed by atoms with Gasteiger partial charge in [0.1, 0.15) is 0 Å². The number of benzene rings is 2. The summed E-state index contributed by atoms with van der Waals surface area (Å²) in [6.07, 6.45) is 0. The molecular weight excluding hydrogens is 256 g/mol. The van der Waals surface area contributed by atoms with Gasteiger partial charge in [-0.1, -0.05) is 18.2 Å². The molecule has 0 radical (unpaired) electrons. The van der Waals surface area contributed by atoms with Crippen LogP contribution in [0.1, 0.15) is 31.8 Å². The number of esters is 2. The molecule has 0 unspecified atom stereocenters. The minimum Gasteiger partial charge on any atom is -0.386 e. The van der Waals surface area contributed by atoms with Crippen molar-refractivity contribution in [3.05, 3.63) is 58.7 Å². The van der Waals surface area contributed by atoms with E-state index in [9.17, 15) is 9.59 Å². The summed E-state index contributed by atoms with van der Waals surface area (Å²) in [6.45, 7) is 1.27. The summed E-state index contributed by atoms with van der Waals surface area (Å²) in [5.41, 5.74) is 4.94. The monoisotopic (exact) mass is 266 g/mol. The Balaban J connectivity index is 1.82. The lowest BCUT2D eigenvalue weighted by Gasteiger charge is -2.05. The van der Waals surface area contributed by atoms with Crippen LogP contribution in [0.3, 0.4) is 0 Å². The maximum absolute atomic E-state index is 11.6. The Labute approximate surface area is 114 Å². The Morgan fingerprint density at radius 2 is 1.45 bits per heavy atom. The molecule has 2 aliphatic heterocycles. The topological polar surface area (TPSA) is 52.6 Å². The number of cyclic esters (lactones) is 2. The van der Waals surface area contributed by atoms with Gasteiger partial charge in [0, 0.05) is 0 Å². The van der Waals surface area contributed by atoms with Gasteiger partial charge >= 0.3 is 11.9 Å². The molecule has 0 N–H and O–H groups in total. The van der Waals surface area contributed by atoms with E-state index in [-0.39, 0.29) is 0 Å². The number of rotatable bonds is 1. The molecule has 4 heteroatoms. The molecule has 98 valence electrons. The van der Waals surface area contributed by atoms with Gasteiger partial charge < -0.3 is 9.47 Å². The number of hydrogen-bond acceptors (Lipinski definition) is 4. The summed E-state index contributed by atoms with van der Waals surface area (Å²) in [5, 5.41) is 0. The molecule has 4 nitrogen and oxygen atoms in total. The van der Waals surface area contributed by atoms with E-state index in [2.05, 4.69) is 10.8 Å². The van der Waals surface area contributed by atoms with Gasteiger partial charge in [0.2, 0.25) is 0 Å². The average Bonchev–Trinajstić information content (AvgIpc) is 3.03. The second-order valence-electron chi connectivity index (χ2n) is 4.91. The largest absolute Gasteiger partial charge is 0.386 e. The summed E-state index contributed by atoms with van der Waals surface area (Å²) in [4.78, 5) is 23.0. The van der Waals surface area contributed by atoms with Crippen molar-refractivity contribution in [1.29, 1.82) is 0 Å². The molecule has 0 fully saturated rings. The summed E-state index contributed by atoms with van der Waals surface area (Å²) < 4.78 is 9.99. The molecule has 0 spiro atoms. The molecule has 2 aromatic rings. The molecule has 0 amide bonds. The van der Waals surface area contributed by atoms with E-state index in [0.717, 1.165) is 11.1 Å². The van der Waals surface area contributed by atoms with Crippen molar-refractivity contribution >= 4 is 11.9 Å². The molecule has 20 heavy (non-hydrogen) atoms. The zero-order valence-corrected chi connectivity index (χ0v) is 10.5. The van der Waals surface area contributed by atoms with Gasteiger partial charge in [0.25, 0.3) is 0 Å². The first-order valence-electron chi connectivity index (χ1n) is 6.33. The molecule has 0 saturated carbocycles. The first-order valence-corrected chi connectivity index (χ1v) is 6.33. The van der Waals surface area contributed by atoms with Crippen LogP contribution in [0.4, 0.5) is 0 Å². The molecule has 0 saturated heterocycles. The Bertz CT molecular complexity index is 761. The minimum absolute atomic E-state index is 0.336. The zero-order chi connectivity index (χ0) is 13.7. The van der Waals surface area contributed by atoms with Crippen LogP contribution in [0.5, 0.6) is 0 Å². The van der Waals surface area contributed by atoms with Crippen LogP contribution in [0.25, 0.3) is 11.1 Å². The Morgan fingerprint density at radius 3 is 2.35 bits per heavy atom. The van der Waals surface area contributed by atoms with E-state index in [1.54, 1.807) is 12.1 Å². The standard InChI is InChI=1S/C16H10O4/c17-15-13-4-3-10(6-14(13)16(18)20-15)9-1-2-11-7-19-8-12(11)5-9/h1-6H,7-8H2. The van der Waals surface area contributed by atoms with Crippen LogP contribution in [0, 0.1) is 0 Å². The number of carbonyl (C=O) groups is 2. The predicted octanol–water partition coefficient (Wildman–Crippen LogP) is 2.69. The third kappa shape index (κ3) is 1.58. The average molecular weight is 266 g/mol. The number of carbonyl (C=O) groups excluding carboxylic acids is 2. The van der Waals surface area contributed by atoms with E-state index in [4.69, 9.17) is 4.74 Å². The second kappa shape index (κ2) is 4.02. The summed E-state index contributed by atoms with van der Waals surface area (Å²) in [7, 11) is 0. The fourth-order valence-electron chi connectivity index (χ4n) is 2.62. The molecule has 2 aliphatic rings. The Hall–Kier alpha value is -2.46. The third-order valence-corrected chi connectivity index (χ3v) is 3.70. The maximum Gasteiger partial charge on any atom is 0.346 e. The van der Waals surface area contributed by atoms with Crippen LogP contribution in [-0.2, 0) is 22.7 Å². The summed E-state index contributed by atoms with van der Waals surface area (Å²) in [6, 6.07) is 11.3. The van der Waals surface area contributed by atoms with Crippen molar-refractivity contribution in [2.45, 2.75) is 13.2 Å². The number of hydrogen-bond donors (Lipinski definition) is 0. The van der Waals surface area contributed by atoms with Gasteiger partial charge in [0.15, 0.2) is 0 Å². The first kappa shape index (κ1) is 11.4. The first-order chi connectivity index (χ1) is 9.72. The van der Waals surface area contributed by atoms with Crippen LogP contribution in [0.15, 0.2) is 36.4 Å². The molecule has 0 aromatic heterocycles. The van der Waals surface area contributed by atoms with E-state index in [1.165, 1.54) is 11.1 Å². The molecule has 0 aliphatic carbocycles. The highest BCUT2D eigenvalue weighted by molar-refractivity contribution is 6.15. The fraction of sp³-hybridized carbons (Fsp3) is 0.125. The van der Waals surface area contributed by atoms with Gasteiger partial charge in [-0.2, -0.15) is 0 Å². The van der Waals surface area contributed by atoms with Gasteiger partial charge in [-0.05, 0) is 40.5 Å². The van der Waals surface area contributed by atoms with Gasteiger partial charge in [-0.15, -0.1) is 0 Å². The minimum atomic E-state index is -0.573. The van der Waals surface area contributed by atoms with Crippen LogP contribution < -0.4 is 0 Å². The normalized spacial score (nSPS) is 16.0. The van der Waals surface area contributed by atoms with Crippen molar-refractivity contribution < 1.29 is 19.1 Å². The predicted molar refractivity (Wildman–Crippen MR) is 70.1 cm³/mol. The summed E-state index contributed by atoms with van der Waals surface area (Å²) >= 11 is 0. The smallest absolute Gasteiger partial charge is 0.346 e. The van der Waals surface area contributed by atoms with E-state index < -0.39 is 11.9 Å². The van der Waals surface area contributed by atoms with E-state index >= 15 is 0 Å². The van der Waals surface area contributed by atoms with Gasteiger partial charge in [-0.3, -0.25) is 0 Å². The maximum atomic E-state index is 11.6. The van der Waals surface area contributed by atoms with Crippen LogP contribution >= 0.6 is 0 Å². The van der Waals surface area contributed by atoms with E-state index in [1.807, 2.05) is 18.2 Å². The SMILES string of the molecule is O=C1OC(=O)c2cc(-c3ccc4c(c3)COC4)ccc21. The van der Waals surface area contributed by atoms with Crippen molar-refractivity contribution in [1.82, 2.24) is 0 Å². The molecular formula is C16H10O4. The molecule has 4 rings (SSSR count). The second-order valence-corrected chi connectivity index (χ2v) is 4.91. The molecule has 2 aromatic carbocycles. The van der Waals surface area contributed by atoms with Crippen molar-refractivity contribution in [2.75, 3.05) is 0 Å². The van der Waals surface area contributed by atoms with E-state index in [0.29, 0.717) is 24.3 Å². The lowest BCUT2D eigenvalue weighted by atomic mass is 9.97. The number of ether oxygens (including phenoxy) is 2. The lowest BCUT2D eigenvalue weighted by Crippen LogP contribution is -1.96. The van der Waals surface area contributed by atoms with Crippen LogP contribution in [-0.4, -0.2) is 11.9 Å². The highest BCUT2D eigenvalue weighted by atomic mass is 16.6. The highest BCUT2D eigenvalue weighted by Crippen LogP contribution is 2.30. The molecule has 2 heterocycles. The quantitative estimate of drug-likeness (QED) is 0.588. The van der Waals surface area contributed by atoms with Crippen molar-refractivity contribution in [3.63, 3.8) is 0 Å². The number of fused-ring (bicyclic) bond motifs is 2. The highest BCUT2D eigenvalue weighted by Gasteiger charge is 2.29.